The predicted molar refractivity (Wildman–Crippen MR) is 80.4 cm³/mol. The van der Waals surface area contributed by atoms with Crippen LogP contribution in [0, 0.1) is 17.0 Å². The van der Waals surface area contributed by atoms with E-state index in [1.807, 2.05) is 13.8 Å². The standard InChI is InChI=1S/C15H21N3O3/c1-3-17(12-6-8-16-9-7-12)15(19)13-10-11(2)4-5-14(13)18(20)21/h4-5,10,12,16H,3,6-9H2,1-2H3. The molecule has 0 saturated carbocycles. The van der Waals surface area contributed by atoms with Crippen LogP contribution in [0.3, 0.4) is 0 Å². The van der Waals surface area contributed by atoms with Crippen LogP contribution in [0.1, 0.15) is 35.7 Å². The molecule has 6 heteroatoms. The number of carbonyl (C=O) groups excluding carboxylic acids is 1. The molecule has 114 valence electrons. The first-order chi connectivity index (χ1) is 10.0. The summed E-state index contributed by atoms with van der Waals surface area (Å²) < 4.78 is 0. The second-order valence-corrected chi connectivity index (χ2v) is 5.35. The predicted octanol–water partition coefficient (Wildman–Crippen LogP) is 2.12. The van der Waals surface area contributed by atoms with Crippen molar-refractivity contribution >= 4 is 11.6 Å². The minimum Gasteiger partial charge on any atom is -0.336 e. The maximum absolute atomic E-state index is 12.8. The van der Waals surface area contributed by atoms with Gasteiger partial charge in [0.15, 0.2) is 0 Å². The Morgan fingerprint density at radius 3 is 2.67 bits per heavy atom. The molecule has 1 aromatic carbocycles. The van der Waals surface area contributed by atoms with Gasteiger partial charge in [-0.05, 0) is 51.4 Å². The lowest BCUT2D eigenvalue weighted by atomic mass is 10.0. The third-order valence-electron chi connectivity index (χ3n) is 3.93. The summed E-state index contributed by atoms with van der Waals surface area (Å²) in [6, 6.07) is 4.85. The Morgan fingerprint density at radius 2 is 2.10 bits per heavy atom. The van der Waals surface area contributed by atoms with E-state index in [2.05, 4.69) is 5.32 Å². The van der Waals surface area contributed by atoms with E-state index >= 15 is 0 Å². The van der Waals surface area contributed by atoms with Crippen molar-refractivity contribution in [3.63, 3.8) is 0 Å². The molecule has 1 aliphatic heterocycles. The Balaban J connectivity index is 2.32. The number of piperidine rings is 1. The number of aryl methyl sites for hydroxylation is 1. The van der Waals surface area contributed by atoms with Crippen molar-refractivity contribution in [1.82, 2.24) is 10.2 Å². The van der Waals surface area contributed by atoms with Crippen LogP contribution in [0.4, 0.5) is 5.69 Å². The van der Waals surface area contributed by atoms with Crippen molar-refractivity contribution in [3.8, 4) is 0 Å². The van der Waals surface area contributed by atoms with Gasteiger partial charge >= 0.3 is 0 Å². The fraction of sp³-hybridized carbons (Fsp3) is 0.533. The van der Waals surface area contributed by atoms with Gasteiger partial charge in [-0.25, -0.2) is 0 Å². The summed E-state index contributed by atoms with van der Waals surface area (Å²) in [5.74, 6) is -0.236. The number of nitro benzene ring substituents is 1. The number of hydrogen-bond acceptors (Lipinski definition) is 4. The van der Waals surface area contributed by atoms with E-state index in [-0.39, 0.29) is 23.2 Å². The molecule has 1 fully saturated rings. The normalized spacial score (nSPS) is 15.7. The van der Waals surface area contributed by atoms with E-state index < -0.39 is 4.92 Å². The van der Waals surface area contributed by atoms with Crippen LogP contribution in [0.25, 0.3) is 0 Å². The number of hydrogen-bond donors (Lipinski definition) is 1. The van der Waals surface area contributed by atoms with Gasteiger partial charge in [-0.1, -0.05) is 6.07 Å². The molecule has 0 radical (unpaired) electrons. The SMILES string of the molecule is CCN(C(=O)c1cc(C)ccc1[N+](=O)[O-])C1CCNCC1. The van der Waals surface area contributed by atoms with Crippen LogP contribution in [-0.2, 0) is 0 Å². The summed E-state index contributed by atoms with van der Waals surface area (Å²) in [4.78, 5) is 25.2. The van der Waals surface area contributed by atoms with Crippen LogP contribution in [0.15, 0.2) is 18.2 Å². The molecule has 0 aliphatic carbocycles. The second-order valence-electron chi connectivity index (χ2n) is 5.35. The van der Waals surface area contributed by atoms with E-state index in [0.717, 1.165) is 31.5 Å². The van der Waals surface area contributed by atoms with Gasteiger partial charge in [-0.2, -0.15) is 0 Å². The van der Waals surface area contributed by atoms with Gasteiger partial charge in [0, 0.05) is 18.7 Å². The molecular weight excluding hydrogens is 270 g/mol. The zero-order chi connectivity index (χ0) is 15.4. The zero-order valence-electron chi connectivity index (χ0n) is 12.5. The third kappa shape index (κ3) is 3.39. The highest BCUT2D eigenvalue weighted by Gasteiger charge is 2.29. The molecule has 1 N–H and O–H groups in total. The molecule has 0 atom stereocenters. The Kier molecular flexibility index (Phi) is 4.90. The summed E-state index contributed by atoms with van der Waals surface area (Å²) in [5, 5.41) is 14.4. The van der Waals surface area contributed by atoms with E-state index in [1.165, 1.54) is 6.07 Å². The van der Waals surface area contributed by atoms with Crippen LogP contribution < -0.4 is 5.32 Å². The van der Waals surface area contributed by atoms with Crippen molar-refractivity contribution in [2.45, 2.75) is 32.7 Å². The second kappa shape index (κ2) is 6.67. The smallest absolute Gasteiger partial charge is 0.282 e. The topological polar surface area (TPSA) is 75.5 Å². The fourth-order valence-electron chi connectivity index (χ4n) is 2.82. The highest BCUT2D eigenvalue weighted by atomic mass is 16.6. The highest BCUT2D eigenvalue weighted by Crippen LogP contribution is 2.24. The maximum atomic E-state index is 12.8. The minimum absolute atomic E-state index is 0.113. The third-order valence-corrected chi connectivity index (χ3v) is 3.93. The Bertz CT molecular complexity index is 539. The molecule has 2 rings (SSSR count). The van der Waals surface area contributed by atoms with E-state index in [9.17, 15) is 14.9 Å². The summed E-state index contributed by atoms with van der Waals surface area (Å²) >= 11 is 0. The summed E-state index contributed by atoms with van der Waals surface area (Å²) in [5.41, 5.74) is 0.934. The molecule has 1 heterocycles. The Morgan fingerprint density at radius 1 is 1.43 bits per heavy atom. The van der Waals surface area contributed by atoms with Gasteiger partial charge in [0.1, 0.15) is 5.56 Å². The lowest BCUT2D eigenvalue weighted by Gasteiger charge is -2.34. The summed E-state index contributed by atoms with van der Waals surface area (Å²) in [6.07, 6.45) is 1.78. The molecule has 0 bridgehead atoms. The van der Waals surface area contributed by atoms with Crippen LogP contribution in [0.2, 0.25) is 0 Å². The lowest BCUT2D eigenvalue weighted by molar-refractivity contribution is -0.385. The number of nitrogens with one attached hydrogen (secondary N) is 1. The molecule has 1 amide bonds. The van der Waals surface area contributed by atoms with Gasteiger partial charge in [-0.15, -0.1) is 0 Å². The maximum Gasteiger partial charge on any atom is 0.282 e. The quantitative estimate of drug-likeness (QED) is 0.681. The number of rotatable bonds is 4. The van der Waals surface area contributed by atoms with Crippen molar-refractivity contribution < 1.29 is 9.72 Å². The number of amides is 1. The van der Waals surface area contributed by atoms with Crippen molar-refractivity contribution in [2.24, 2.45) is 0 Å². The van der Waals surface area contributed by atoms with Crippen molar-refractivity contribution in [1.29, 1.82) is 0 Å². The van der Waals surface area contributed by atoms with Gasteiger partial charge in [-0.3, -0.25) is 14.9 Å². The largest absolute Gasteiger partial charge is 0.336 e. The molecule has 21 heavy (non-hydrogen) atoms. The first-order valence-corrected chi connectivity index (χ1v) is 7.31. The Hall–Kier alpha value is -1.95. The van der Waals surface area contributed by atoms with Gasteiger partial charge in [0.05, 0.1) is 4.92 Å². The van der Waals surface area contributed by atoms with E-state index in [1.54, 1.807) is 17.0 Å². The molecule has 0 unspecified atom stereocenters. The number of carbonyl (C=O) groups is 1. The van der Waals surface area contributed by atoms with E-state index in [0.29, 0.717) is 6.54 Å². The highest BCUT2D eigenvalue weighted by molar-refractivity contribution is 5.98. The summed E-state index contributed by atoms with van der Waals surface area (Å²) in [6.45, 7) is 6.08. The number of nitro groups is 1. The minimum atomic E-state index is -0.483. The monoisotopic (exact) mass is 291 g/mol. The molecule has 6 nitrogen and oxygen atoms in total. The van der Waals surface area contributed by atoms with E-state index in [4.69, 9.17) is 0 Å². The van der Waals surface area contributed by atoms with Crippen LogP contribution >= 0.6 is 0 Å². The van der Waals surface area contributed by atoms with Crippen molar-refractivity contribution in [2.75, 3.05) is 19.6 Å². The Labute approximate surface area is 124 Å². The average molecular weight is 291 g/mol. The summed E-state index contributed by atoms with van der Waals surface area (Å²) in [7, 11) is 0. The lowest BCUT2D eigenvalue weighted by Crippen LogP contribution is -2.46. The number of nitrogens with zero attached hydrogens (tertiary/aromatic N) is 2. The molecular formula is C15H21N3O3. The first-order valence-electron chi connectivity index (χ1n) is 7.31. The van der Waals surface area contributed by atoms with Gasteiger partial charge in [0.25, 0.3) is 11.6 Å². The average Bonchev–Trinajstić information content (AvgIpc) is 2.48. The van der Waals surface area contributed by atoms with Crippen molar-refractivity contribution in [3.05, 3.63) is 39.4 Å². The van der Waals surface area contributed by atoms with Gasteiger partial charge in [0.2, 0.25) is 0 Å². The number of benzene rings is 1. The molecule has 1 saturated heterocycles. The first kappa shape index (κ1) is 15.4. The van der Waals surface area contributed by atoms with Gasteiger partial charge < -0.3 is 10.2 Å². The molecule has 0 aromatic heterocycles. The zero-order valence-corrected chi connectivity index (χ0v) is 12.5. The molecule has 0 spiro atoms. The van der Waals surface area contributed by atoms with Crippen LogP contribution in [0.5, 0.6) is 0 Å². The molecule has 1 aliphatic rings. The fourth-order valence-corrected chi connectivity index (χ4v) is 2.82. The molecule has 1 aromatic rings. The van der Waals surface area contributed by atoms with Crippen LogP contribution in [-0.4, -0.2) is 41.4 Å².